The summed E-state index contributed by atoms with van der Waals surface area (Å²) in [7, 11) is 0. The van der Waals surface area contributed by atoms with Crippen molar-refractivity contribution in [3.8, 4) is 0 Å². The monoisotopic (exact) mass is 379 g/mol. The van der Waals surface area contributed by atoms with Crippen molar-refractivity contribution in [1.29, 1.82) is 0 Å². The number of amides is 1. The number of nitrogen functional groups attached to an aromatic ring is 1. The first-order valence-corrected chi connectivity index (χ1v) is 9.58. The molecule has 3 aromatic heterocycles. The van der Waals surface area contributed by atoms with Crippen LogP contribution in [0.2, 0.25) is 0 Å². The molecule has 8 nitrogen and oxygen atoms in total. The Kier molecular flexibility index (Phi) is 5.10. The third-order valence-electron chi connectivity index (χ3n) is 5.21. The molecule has 0 aromatic carbocycles. The molecule has 28 heavy (non-hydrogen) atoms. The second kappa shape index (κ2) is 7.84. The van der Waals surface area contributed by atoms with Gasteiger partial charge in [0.1, 0.15) is 18.2 Å². The van der Waals surface area contributed by atoms with Gasteiger partial charge in [0.25, 0.3) is 0 Å². The van der Waals surface area contributed by atoms with Gasteiger partial charge >= 0.3 is 0 Å². The van der Waals surface area contributed by atoms with Gasteiger partial charge in [0.2, 0.25) is 5.91 Å². The Morgan fingerprint density at radius 2 is 2.11 bits per heavy atom. The summed E-state index contributed by atoms with van der Waals surface area (Å²) in [5.74, 6) is 1.83. The van der Waals surface area contributed by atoms with Gasteiger partial charge in [0.15, 0.2) is 0 Å². The van der Waals surface area contributed by atoms with E-state index in [2.05, 4.69) is 19.6 Å². The zero-order valence-corrected chi connectivity index (χ0v) is 16.0. The van der Waals surface area contributed by atoms with Crippen LogP contribution in [0.4, 0.5) is 5.82 Å². The van der Waals surface area contributed by atoms with E-state index in [1.165, 1.54) is 5.56 Å². The van der Waals surface area contributed by atoms with E-state index < -0.39 is 0 Å². The molecule has 1 atom stereocenters. The predicted octanol–water partition coefficient (Wildman–Crippen LogP) is 1.82. The zero-order valence-electron chi connectivity index (χ0n) is 16.0. The molecular formula is C20H25N7O. The normalized spacial score (nSPS) is 17.0. The minimum atomic E-state index is 0.0479. The lowest BCUT2D eigenvalue weighted by Gasteiger charge is -2.32. The van der Waals surface area contributed by atoms with Crippen LogP contribution in [0.1, 0.15) is 35.8 Å². The van der Waals surface area contributed by atoms with Gasteiger partial charge in [0.05, 0.1) is 5.69 Å². The van der Waals surface area contributed by atoms with Crippen LogP contribution in [-0.4, -0.2) is 48.2 Å². The highest BCUT2D eigenvalue weighted by atomic mass is 16.2. The first kappa shape index (κ1) is 18.2. The number of imidazole rings is 1. The molecule has 3 aromatic rings. The maximum atomic E-state index is 12.8. The van der Waals surface area contributed by atoms with Gasteiger partial charge in [-0.15, -0.1) is 0 Å². The molecule has 0 unspecified atom stereocenters. The molecule has 0 radical (unpaired) electrons. The molecule has 146 valence electrons. The molecule has 0 spiro atoms. The Hall–Kier alpha value is -3.16. The summed E-state index contributed by atoms with van der Waals surface area (Å²) in [5.41, 5.74) is 7.93. The number of hydrogen-bond donors (Lipinski definition) is 1. The third-order valence-corrected chi connectivity index (χ3v) is 5.21. The lowest BCUT2D eigenvalue weighted by atomic mass is 9.97. The minimum Gasteiger partial charge on any atom is -0.384 e. The van der Waals surface area contributed by atoms with Gasteiger partial charge < -0.3 is 15.2 Å². The average Bonchev–Trinajstić information content (AvgIpc) is 3.28. The van der Waals surface area contributed by atoms with Crippen molar-refractivity contribution in [1.82, 2.24) is 29.2 Å². The fourth-order valence-corrected chi connectivity index (χ4v) is 3.83. The van der Waals surface area contributed by atoms with Crippen LogP contribution in [0.15, 0.2) is 43.0 Å². The lowest BCUT2D eigenvalue weighted by Crippen LogP contribution is -2.41. The number of piperidine rings is 1. The molecule has 1 saturated heterocycles. The second-order valence-electron chi connectivity index (χ2n) is 7.32. The Morgan fingerprint density at radius 1 is 1.29 bits per heavy atom. The predicted molar refractivity (Wildman–Crippen MR) is 105 cm³/mol. The van der Waals surface area contributed by atoms with Gasteiger partial charge in [0, 0.05) is 56.4 Å². The van der Waals surface area contributed by atoms with Crippen LogP contribution >= 0.6 is 0 Å². The molecule has 8 heteroatoms. The number of pyridine rings is 1. The van der Waals surface area contributed by atoms with Crippen LogP contribution in [0.5, 0.6) is 0 Å². The Bertz CT molecular complexity index is 947. The largest absolute Gasteiger partial charge is 0.384 e. The first-order valence-electron chi connectivity index (χ1n) is 9.58. The van der Waals surface area contributed by atoms with E-state index in [0.29, 0.717) is 12.4 Å². The summed E-state index contributed by atoms with van der Waals surface area (Å²) in [6.07, 6.45) is 9.44. The summed E-state index contributed by atoms with van der Waals surface area (Å²) < 4.78 is 3.74. The third kappa shape index (κ3) is 3.90. The highest BCUT2D eigenvalue weighted by Crippen LogP contribution is 2.26. The average molecular weight is 379 g/mol. The molecule has 0 aliphatic carbocycles. The second-order valence-corrected chi connectivity index (χ2v) is 7.32. The van der Waals surface area contributed by atoms with E-state index >= 15 is 0 Å². The number of hydrogen-bond acceptors (Lipinski definition) is 5. The molecule has 0 bridgehead atoms. The fraction of sp³-hybridized carbons (Fsp3) is 0.400. The molecular weight excluding hydrogens is 354 g/mol. The highest BCUT2D eigenvalue weighted by Gasteiger charge is 2.28. The standard InChI is InChI=1S/C20H25N7O/c1-15-11-18(21)27(24-15)14-19(28)25-9-2-3-17(13-25)20-23-8-10-26(20)12-16-4-6-22-7-5-16/h4-8,10-11,17H,2-3,9,12-14,21H2,1H3/t17-/m1/s1. The van der Waals surface area contributed by atoms with Crippen LogP contribution in [0.25, 0.3) is 0 Å². The van der Waals surface area contributed by atoms with E-state index in [9.17, 15) is 4.79 Å². The maximum absolute atomic E-state index is 12.8. The molecule has 4 rings (SSSR count). The van der Waals surface area contributed by atoms with Crippen molar-refractivity contribution in [2.45, 2.75) is 38.8 Å². The van der Waals surface area contributed by atoms with Gasteiger partial charge in [-0.25, -0.2) is 9.67 Å². The van der Waals surface area contributed by atoms with Crippen molar-refractivity contribution in [2.75, 3.05) is 18.8 Å². The molecule has 0 saturated carbocycles. The number of aryl methyl sites for hydroxylation is 1. The molecule has 1 fully saturated rings. The molecule has 1 aliphatic heterocycles. The topological polar surface area (TPSA) is 94.9 Å². The van der Waals surface area contributed by atoms with E-state index in [-0.39, 0.29) is 18.4 Å². The maximum Gasteiger partial charge on any atom is 0.244 e. The fourth-order valence-electron chi connectivity index (χ4n) is 3.83. The number of rotatable bonds is 5. The number of likely N-dealkylation sites (tertiary alicyclic amines) is 1. The van der Waals surface area contributed by atoms with Gasteiger partial charge in [-0.2, -0.15) is 5.10 Å². The van der Waals surface area contributed by atoms with E-state index in [1.807, 2.05) is 36.4 Å². The smallest absolute Gasteiger partial charge is 0.244 e. The van der Waals surface area contributed by atoms with Crippen LogP contribution in [0, 0.1) is 6.92 Å². The van der Waals surface area contributed by atoms with Crippen molar-refractivity contribution < 1.29 is 4.79 Å². The summed E-state index contributed by atoms with van der Waals surface area (Å²) in [6, 6.07) is 5.80. The van der Waals surface area contributed by atoms with Crippen molar-refractivity contribution in [3.63, 3.8) is 0 Å². The van der Waals surface area contributed by atoms with Crippen molar-refractivity contribution in [3.05, 3.63) is 60.1 Å². The summed E-state index contributed by atoms with van der Waals surface area (Å²) in [4.78, 5) is 23.4. The number of nitrogens with two attached hydrogens (primary N) is 1. The van der Waals surface area contributed by atoms with Crippen molar-refractivity contribution >= 4 is 11.7 Å². The van der Waals surface area contributed by atoms with Crippen LogP contribution in [0.3, 0.4) is 0 Å². The zero-order chi connectivity index (χ0) is 19.5. The van der Waals surface area contributed by atoms with Crippen molar-refractivity contribution in [2.24, 2.45) is 0 Å². The SMILES string of the molecule is Cc1cc(N)n(CC(=O)N2CCC[C@@H](c3nccn3Cc3ccncc3)C2)n1. The highest BCUT2D eigenvalue weighted by molar-refractivity contribution is 5.76. The van der Waals surface area contributed by atoms with E-state index in [4.69, 9.17) is 5.73 Å². The number of aromatic nitrogens is 5. The molecule has 1 aliphatic rings. The number of carbonyl (C=O) groups is 1. The molecule has 1 amide bonds. The van der Waals surface area contributed by atoms with Gasteiger partial charge in [-0.05, 0) is 37.5 Å². The first-order chi connectivity index (χ1) is 13.6. The minimum absolute atomic E-state index is 0.0479. The number of nitrogens with zero attached hydrogens (tertiary/aromatic N) is 6. The number of carbonyl (C=O) groups excluding carboxylic acids is 1. The summed E-state index contributed by atoms with van der Waals surface area (Å²) >= 11 is 0. The van der Waals surface area contributed by atoms with Crippen LogP contribution < -0.4 is 5.73 Å². The summed E-state index contributed by atoms with van der Waals surface area (Å²) in [6.45, 7) is 4.24. The lowest BCUT2D eigenvalue weighted by molar-refractivity contribution is -0.133. The van der Waals surface area contributed by atoms with Gasteiger partial charge in [-0.1, -0.05) is 0 Å². The van der Waals surface area contributed by atoms with Gasteiger partial charge in [-0.3, -0.25) is 9.78 Å². The summed E-state index contributed by atoms with van der Waals surface area (Å²) in [5, 5.41) is 4.30. The Balaban J connectivity index is 1.45. The van der Waals surface area contributed by atoms with E-state index in [1.54, 1.807) is 23.1 Å². The Labute approximate surface area is 164 Å². The van der Waals surface area contributed by atoms with E-state index in [0.717, 1.165) is 37.4 Å². The van der Waals surface area contributed by atoms with Crippen LogP contribution in [-0.2, 0) is 17.9 Å². The molecule has 4 heterocycles. The quantitative estimate of drug-likeness (QED) is 0.730. The molecule has 2 N–H and O–H groups in total. The Morgan fingerprint density at radius 3 is 2.86 bits per heavy atom. The number of anilines is 1.